The highest BCUT2D eigenvalue weighted by Gasteiger charge is 2.33. The van der Waals surface area contributed by atoms with Crippen LogP contribution in [-0.4, -0.2) is 40.9 Å². The van der Waals surface area contributed by atoms with Crippen LogP contribution in [0.1, 0.15) is 45.4 Å². The highest BCUT2D eigenvalue weighted by atomic mass is 16.4. The zero-order chi connectivity index (χ0) is 15.1. The fourth-order valence-electron chi connectivity index (χ4n) is 2.70. The number of nitrogens with two attached hydrogens (primary N) is 1. The lowest BCUT2D eigenvalue weighted by Crippen LogP contribution is -2.43. The van der Waals surface area contributed by atoms with Gasteiger partial charge in [0.05, 0.1) is 12.5 Å². The van der Waals surface area contributed by atoms with Gasteiger partial charge in [-0.15, -0.1) is 0 Å². The van der Waals surface area contributed by atoms with Gasteiger partial charge < -0.3 is 15.7 Å². The van der Waals surface area contributed by atoms with E-state index in [0.717, 1.165) is 19.3 Å². The largest absolute Gasteiger partial charge is 0.481 e. The van der Waals surface area contributed by atoms with Crippen molar-refractivity contribution in [2.24, 2.45) is 17.6 Å². The Bertz CT molecular complexity index is 370. The first-order valence-electron chi connectivity index (χ1n) is 7.25. The van der Waals surface area contributed by atoms with Crippen LogP contribution < -0.4 is 5.73 Å². The minimum absolute atomic E-state index is 0.0763. The molecule has 2 amide bonds. The van der Waals surface area contributed by atoms with E-state index in [1.165, 1.54) is 4.90 Å². The summed E-state index contributed by atoms with van der Waals surface area (Å²) in [5.74, 6) is -2.22. The standard InChI is InChI=1S/C14H24N2O4/c1-2-3-7-16(9-12(15)17)13(18)10-5-4-6-11(8-10)14(19)20/h10-11H,2-9H2,1H3,(H2,15,17)(H,19,20). The van der Waals surface area contributed by atoms with E-state index in [2.05, 4.69) is 0 Å². The van der Waals surface area contributed by atoms with Crippen molar-refractivity contribution < 1.29 is 19.5 Å². The second kappa shape index (κ2) is 7.87. The van der Waals surface area contributed by atoms with Crippen LogP contribution in [0.4, 0.5) is 0 Å². The zero-order valence-corrected chi connectivity index (χ0v) is 12.0. The van der Waals surface area contributed by atoms with Crippen LogP contribution in [0.15, 0.2) is 0 Å². The third-order valence-corrected chi connectivity index (χ3v) is 3.81. The molecule has 6 nitrogen and oxygen atoms in total. The smallest absolute Gasteiger partial charge is 0.306 e. The van der Waals surface area contributed by atoms with E-state index in [1.54, 1.807) is 0 Å². The number of primary amides is 1. The van der Waals surface area contributed by atoms with Gasteiger partial charge in [-0.1, -0.05) is 19.8 Å². The summed E-state index contributed by atoms with van der Waals surface area (Å²) in [7, 11) is 0. The van der Waals surface area contributed by atoms with E-state index >= 15 is 0 Å². The van der Waals surface area contributed by atoms with E-state index in [9.17, 15) is 14.4 Å². The summed E-state index contributed by atoms with van der Waals surface area (Å²) in [5.41, 5.74) is 5.18. The number of carboxylic acid groups (broad SMARTS) is 1. The van der Waals surface area contributed by atoms with Crippen molar-refractivity contribution in [1.29, 1.82) is 0 Å². The van der Waals surface area contributed by atoms with Crippen LogP contribution in [0, 0.1) is 11.8 Å². The van der Waals surface area contributed by atoms with Gasteiger partial charge in [0.15, 0.2) is 0 Å². The Hall–Kier alpha value is -1.59. The number of unbranched alkanes of at least 4 members (excludes halogenated alkanes) is 1. The molecule has 1 saturated carbocycles. The number of nitrogens with zero attached hydrogens (tertiary/aromatic N) is 1. The van der Waals surface area contributed by atoms with Gasteiger partial charge in [-0.25, -0.2) is 0 Å². The Morgan fingerprint density at radius 1 is 1.25 bits per heavy atom. The Morgan fingerprint density at radius 2 is 1.90 bits per heavy atom. The van der Waals surface area contributed by atoms with Crippen molar-refractivity contribution in [2.75, 3.05) is 13.1 Å². The van der Waals surface area contributed by atoms with Gasteiger partial charge in [-0.2, -0.15) is 0 Å². The van der Waals surface area contributed by atoms with Crippen molar-refractivity contribution in [3.63, 3.8) is 0 Å². The lowest BCUT2D eigenvalue weighted by Gasteiger charge is -2.30. The van der Waals surface area contributed by atoms with Crippen molar-refractivity contribution >= 4 is 17.8 Å². The molecule has 1 aliphatic rings. The minimum Gasteiger partial charge on any atom is -0.481 e. The molecule has 1 aliphatic carbocycles. The zero-order valence-electron chi connectivity index (χ0n) is 12.0. The van der Waals surface area contributed by atoms with Crippen molar-refractivity contribution in [3.05, 3.63) is 0 Å². The molecule has 0 heterocycles. The van der Waals surface area contributed by atoms with Crippen LogP contribution in [-0.2, 0) is 14.4 Å². The van der Waals surface area contributed by atoms with Crippen molar-refractivity contribution in [1.82, 2.24) is 4.90 Å². The Morgan fingerprint density at radius 3 is 2.45 bits per heavy atom. The van der Waals surface area contributed by atoms with Crippen LogP contribution in [0.3, 0.4) is 0 Å². The molecule has 1 rings (SSSR count). The molecular weight excluding hydrogens is 260 g/mol. The lowest BCUT2D eigenvalue weighted by atomic mass is 9.80. The molecule has 0 aromatic heterocycles. The van der Waals surface area contributed by atoms with E-state index in [1.807, 2.05) is 6.92 Å². The van der Waals surface area contributed by atoms with Crippen molar-refractivity contribution in [3.8, 4) is 0 Å². The molecule has 6 heteroatoms. The van der Waals surface area contributed by atoms with Gasteiger partial charge in [0.1, 0.15) is 0 Å². The Labute approximate surface area is 119 Å². The molecule has 0 aliphatic heterocycles. The van der Waals surface area contributed by atoms with Crippen molar-refractivity contribution in [2.45, 2.75) is 45.4 Å². The molecule has 3 N–H and O–H groups in total. The highest BCUT2D eigenvalue weighted by Crippen LogP contribution is 2.30. The van der Waals surface area contributed by atoms with Crippen LogP contribution in [0.5, 0.6) is 0 Å². The number of carbonyl (C=O) groups is 3. The Kier molecular flexibility index (Phi) is 6.48. The van der Waals surface area contributed by atoms with Crippen LogP contribution in [0.2, 0.25) is 0 Å². The molecule has 0 aromatic rings. The molecule has 0 radical (unpaired) electrons. The first kappa shape index (κ1) is 16.5. The number of aliphatic carboxylic acids is 1. The maximum atomic E-state index is 12.4. The third kappa shape index (κ3) is 4.83. The minimum atomic E-state index is -0.836. The number of rotatable bonds is 7. The fourth-order valence-corrected chi connectivity index (χ4v) is 2.70. The van der Waals surface area contributed by atoms with Gasteiger partial charge in [0.2, 0.25) is 11.8 Å². The molecule has 0 aromatic carbocycles. The second-order valence-electron chi connectivity index (χ2n) is 5.48. The number of hydrogen-bond donors (Lipinski definition) is 2. The molecule has 0 bridgehead atoms. The van der Waals surface area contributed by atoms with Gasteiger partial charge in [-0.3, -0.25) is 14.4 Å². The van der Waals surface area contributed by atoms with E-state index in [-0.39, 0.29) is 18.4 Å². The molecule has 20 heavy (non-hydrogen) atoms. The summed E-state index contributed by atoms with van der Waals surface area (Å²) in [6.45, 7) is 2.44. The maximum Gasteiger partial charge on any atom is 0.306 e. The molecular formula is C14H24N2O4. The number of hydrogen-bond acceptors (Lipinski definition) is 3. The molecule has 2 atom stereocenters. The fraction of sp³-hybridized carbons (Fsp3) is 0.786. The first-order valence-corrected chi connectivity index (χ1v) is 7.25. The summed E-state index contributed by atoms with van der Waals surface area (Å²) < 4.78 is 0. The lowest BCUT2D eigenvalue weighted by molar-refractivity contribution is -0.146. The maximum absolute atomic E-state index is 12.4. The van der Waals surface area contributed by atoms with Gasteiger partial charge in [-0.05, 0) is 25.7 Å². The average molecular weight is 284 g/mol. The second-order valence-corrected chi connectivity index (χ2v) is 5.48. The monoisotopic (exact) mass is 284 g/mol. The number of amides is 2. The van der Waals surface area contributed by atoms with Gasteiger partial charge >= 0.3 is 5.97 Å². The van der Waals surface area contributed by atoms with E-state index in [4.69, 9.17) is 10.8 Å². The van der Waals surface area contributed by atoms with E-state index < -0.39 is 17.8 Å². The summed E-state index contributed by atoms with van der Waals surface area (Å²) in [6, 6.07) is 0. The van der Waals surface area contributed by atoms with Gasteiger partial charge in [0, 0.05) is 12.5 Å². The van der Waals surface area contributed by atoms with E-state index in [0.29, 0.717) is 25.8 Å². The quantitative estimate of drug-likeness (QED) is 0.728. The topological polar surface area (TPSA) is 101 Å². The normalized spacial score (nSPS) is 22.2. The van der Waals surface area contributed by atoms with Gasteiger partial charge in [0.25, 0.3) is 0 Å². The highest BCUT2D eigenvalue weighted by molar-refractivity contribution is 5.85. The molecule has 2 unspecified atom stereocenters. The number of carboxylic acids is 1. The predicted octanol–water partition coefficient (Wildman–Crippen LogP) is 0.991. The predicted molar refractivity (Wildman–Crippen MR) is 73.8 cm³/mol. The average Bonchev–Trinajstić information content (AvgIpc) is 2.42. The third-order valence-electron chi connectivity index (χ3n) is 3.81. The summed E-state index contributed by atoms with van der Waals surface area (Å²) >= 11 is 0. The molecule has 0 spiro atoms. The molecule has 1 fully saturated rings. The summed E-state index contributed by atoms with van der Waals surface area (Å²) in [5, 5.41) is 9.06. The summed E-state index contributed by atoms with van der Waals surface area (Å²) in [4.78, 5) is 36.0. The molecule has 0 saturated heterocycles. The van der Waals surface area contributed by atoms with Crippen LogP contribution in [0.25, 0.3) is 0 Å². The first-order chi connectivity index (χ1) is 9.45. The number of carbonyl (C=O) groups excluding carboxylic acids is 2. The molecule has 114 valence electrons. The Balaban J connectivity index is 2.67. The van der Waals surface area contributed by atoms with Crippen LogP contribution >= 0.6 is 0 Å². The summed E-state index contributed by atoms with van der Waals surface area (Å²) in [6.07, 6.45) is 4.17. The SMILES string of the molecule is CCCCN(CC(N)=O)C(=O)C1CCCC(C(=O)O)C1.